The first-order chi connectivity index (χ1) is 17.5. The van der Waals surface area contributed by atoms with E-state index in [-0.39, 0.29) is 6.42 Å². The van der Waals surface area contributed by atoms with Gasteiger partial charge in [0.25, 0.3) is 0 Å². The summed E-state index contributed by atoms with van der Waals surface area (Å²) in [6, 6.07) is 0. The van der Waals surface area contributed by atoms with Crippen LogP contribution in [0.25, 0.3) is 0 Å². The Morgan fingerprint density at radius 3 is 1.25 bits per heavy atom. The number of aliphatic hydroxyl groups excluding tert-OH is 5. The number of hydrogen-bond donors (Lipinski definition) is 5. The summed E-state index contributed by atoms with van der Waals surface area (Å²) in [5.41, 5.74) is 0. The molecule has 216 valence electrons. The molecule has 0 aliphatic carbocycles. The highest BCUT2D eigenvalue weighted by molar-refractivity contribution is 5.69. The molecule has 5 N–H and O–H groups in total. The summed E-state index contributed by atoms with van der Waals surface area (Å²) in [5.74, 6) is -0.554. The third-order valence-corrected chi connectivity index (χ3v) is 7.01. The number of carbonyl (C=O) groups excluding carboxylic acids is 1. The average molecular weight is 519 g/mol. The third-order valence-electron chi connectivity index (χ3n) is 7.01. The fraction of sp³-hybridized carbons (Fsp3) is 0.966. The fourth-order valence-corrected chi connectivity index (χ4v) is 4.52. The van der Waals surface area contributed by atoms with Crippen molar-refractivity contribution >= 4 is 5.97 Å². The molecule has 0 rings (SSSR count). The van der Waals surface area contributed by atoms with Gasteiger partial charge in [-0.1, -0.05) is 129 Å². The lowest BCUT2D eigenvalue weighted by molar-refractivity contribution is -0.171. The number of hydrogen-bond acceptors (Lipinski definition) is 7. The molecule has 0 aliphatic heterocycles. The molecule has 0 spiro atoms. The molecule has 0 aromatic rings. The highest BCUT2D eigenvalue weighted by Gasteiger charge is 2.33. The van der Waals surface area contributed by atoms with Crippen molar-refractivity contribution in [2.75, 3.05) is 13.2 Å². The molecule has 7 heteroatoms. The van der Waals surface area contributed by atoms with Crippen LogP contribution in [0.3, 0.4) is 0 Å². The third kappa shape index (κ3) is 20.3. The van der Waals surface area contributed by atoms with Gasteiger partial charge >= 0.3 is 5.97 Å². The van der Waals surface area contributed by atoms with Gasteiger partial charge in [0, 0.05) is 6.42 Å². The lowest BCUT2D eigenvalue weighted by Crippen LogP contribution is -2.48. The minimum Gasteiger partial charge on any atom is -0.457 e. The zero-order valence-corrected chi connectivity index (χ0v) is 23.1. The van der Waals surface area contributed by atoms with Crippen molar-refractivity contribution in [3.8, 4) is 0 Å². The average Bonchev–Trinajstić information content (AvgIpc) is 2.89. The van der Waals surface area contributed by atoms with E-state index < -0.39 is 43.6 Å². The highest BCUT2D eigenvalue weighted by Crippen LogP contribution is 2.16. The standard InChI is InChI=1S/C29H58O7/c1-2-3-4-5-6-7-8-9-10-11-12-13-14-15-16-17-18-19-20-21-22-27(33)36-26(24-31)29(35)28(34)25(32)23-30/h25-26,28-32,34-35H,2-24H2,1H3/t25-,26-,28-,29-/m1/s1. The number of ether oxygens (including phenoxy) is 1. The van der Waals surface area contributed by atoms with Gasteiger partial charge in [0.2, 0.25) is 0 Å². The van der Waals surface area contributed by atoms with Gasteiger partial charge in [0.1, 0.15) is 18.3 Å². The van der Waals surface area contributed by atoms with E-state index in [9.17, 15) is 25.2 Å². The van der Waals surface area contributed by atoms with Crippen LogP contribution in [0.15, 0.2) is 0 Å². The van der Waals surface area contributed by atoms with E-state index in [0.717, 1.165) is 19.3 Å². The van der Waals surface area contributed by atoms with E-state index in [1.165, 1.54) is 103 Å². The van der Waals surface area contributed by atoms with Crippen LogP contribution in [-0.4, -0.2) is 69.1 Å². The molecule has 0 heterocycles. The normalized spacial score (nSPS) is 14.9. The van der Waals surface area contributed by atoms with Gasteiger partial charge in [-0.3, -0.25) is 4.79 Å². The maximum Gasteiger partial charge on any atom is 0.306 e. The largest absolute Gasteiger partial charge is 0.457 e. The van der Waals surface area contributed by atoms with Crippen molar-refractivity contribution in [3.05, 3.63) is 0 Å². The minimum absolute atomic E-state index is 0.181. The number of unbranched alkanes of at least 4 members (excludes halogenated alkanes) is 19. The molecule has 7 nitrogen and oxygen atoms in total. The second-order valence-electron chi connectivity index (χ2n) is 10.4. The Morgan fingerprint density at radius 2 is 0.917 bits per heavy atom. The molecule has 0 radical (unpaired) electrons. The van der Waals surface area contributed by atoms with Gasteiger partial charge in [-0.05, 0) is 6.42 Å². The first kappa shape index (κ1) is 35.3. The van der Waals surface area contributed by atoms with E-state index in [2.05, 4.69) is 6.92 Å². The zero-order chi connectivity index (χ0) is 26.9. The van der Waals surface area contributed by atoms with Crippen LogP contribution in [-0.2, 0) is 9.53 Å². The molecule has 0 aromatic carbocycles. The topological polar surface area (TPSA) is 127 Å². The van der Waals surface area contributed by atoms with Gasteiger partial charge < -0.3 is 30.3 Å². The first-order valence-electron chi connectivity index (χ1n) is 14.9. The van der Waals surface area contributed by atoms with Crippen molar-refractivity contribution < 1.29 is 35.1 Å². The SMILES string of the molecule is CCCCCCCCCCCCCCCCCCCCCCC(=O)O[C@H](CO)[C@@H](O)[C@H](O)[C@H](O)CO. The van der Waals surface area contributed by atoms with Crippen LogP contribution < -0.4 is 0 Å². The molecule has 0 bridgehead atoms. The molecular formula is C29H58O7. The molecule has 4 atom stereocenters. The van der Waals surface area contributed by atoms with Gasteiger partial charge in [0.15, 0.2) is 6.10 Å². The van der Waals surface area contributed by atoms with E-state index in [1.54, 1.807) is 0 Å². The number of carbonyl (C=O) groups is 1. The second kappa shape index (κ2) is 25.9. The number of esters is 1. The Labute approximate surface area is 220 Å². The summed E-state index contributed by atoms with van der Waals surface area (Å²) in [6.45, 7) is 0.844. The van der Waals surface area contributed by atoms with Crippen LogP contribution in [0, 0.1) is 0 Å². The van der Waals surface area contributed by atoms with Crippen molar-refractivity contribution in [1.82, 2.24) is 0 Å². The van der Waals surface area contributed by atoms with Crippen molar-refractivity contribution in [2.45, 2.75) is 166 Å². The maximum atomic E-state index is 11.9. The van der Waals surface area contributed by atoms with E-state index in [1.807, 2.05) is 0 Å². The zero-order valence-electron chi connectivity index (χ0n) is 23.1. The van der Waals surface area contributed by atoms with Crippen molar-refractivity contribution in [3.63, 3.8) is 0 Å². The summed E-state index contributed by atoms with van der Waals surface area (Å²) in [5, 5.41) is 47.1. The van der Waals surface area contributed by atoms with E-state index >= 15 is 0 Å². The fourth-order valence-electron chi connectivity index (χ4n) is 4.52. The Morgan fingerprint density at radius 1 is 0.556 bits per heavy atom. The Hall–Kier alpha value is -0.730. The Balaban J connectivity index is 3.47. The second-order valence-corrected chi connectivity index (χ2v) is 10.4. The molecule has 0 saturated heterocycles. The molecule has 0 amide bonds. The van der Waals surface area contributed by atoms with E-state index in [4.69, 9.17) is 9.84 Å². The Kier molecular flexibility index (Phi) is 25.4. The smallest absolute Gasteiger partial charge is 0.306 e. The first-order valence-corrected chi connectivity index (χ1v) is 14.9. The monoisotopic (exact) mass is 518 g/mol. The summed E-state index contributed by atoms with van der Waals surface area (Å²) < 4.78 is 5.03. The van der Waals surface area contributed by atoms with Crippen molar-refractivity contribution in [1.29, 1.82) is 0 Å². The number of rotatable bonds is 27. The van der Waals surface area contributed by atoms with Crippen LogP contribution in [0.2, 0.25) is 0 Å². The lowest BCUT2D eigenvalue weighted by Gasteiger charge is -2.27. The van der Waals surface area contributed by atoms with Gasteiger partial charge in [-0.2, -0.15) is 0 Å². The number of aliphatic hydroxyl groups is 5. The van der Waals surface area contributed by atoms with Crippen LogP contribution in [0.4, 0.5) is 0 Å². The summed E-state index contributed by atoms with van der Waals surface area (Å²) in [6.07, 6.45) is 19.6. The van der Waals surface area contributed by atoms with Crippen molar-refractivity contribution in [2.24, 2.45) is 0 Å². The van der Waals surface area contributed by atoms with Crippen LogP contribution in [0.5, 0.6) is 0 Å². The van der Waals surface area contributed by atoms with Crippen LogP contribution in [0.1, 0.15) is 142 Å². The van der Waals surface area contributed by atoms with E-state index in [0.29, 0.717) is 6.42 Å². The molecule has 0 fully saturated rings. The van der Waals surface area contributed by atoms with Crippen LogP contribution >= 0.6 is 0 Å². The summed E-state index contributed by atoms with van der Waals surface area (Å²) in [4.78, 5) is 11.9. The molecule has 0 unspecified atom stereocenters. The molecule has 0 aliphatic rings. The Bertz CT molecular complexity index is 475. The van der Waals surface area contributed by atoms with Gasteiger partial charge in [-0.15, -0.1) is 0 Å². The maximum absolute atomic E-state index is 11.9. The summed E-state index contributed by atoms with van der Waals surface area (Å²) >= 11 is 0. The highest BCUT2D eigenvalue weighted by atomic mass is 16.6. The predicted octanol–water partition coefficient (Wildman–Crippen LogP) is 5.18. The molecule has 0 aromatic heterocycles. The summed E-state index contributed by atoms with van der Waals surface area (Å²) in [7, 11) is 0. The minimum atomic E-state index is -1.71. The van der Waals surface area contributed by atoms with Gasteiger partial charge in [0.05, 0.1) is 13.2 Å². The lowest BCUT2D eigenvalue weighted by atomic mass is 10.0. The molecular weight excluding hydrogens is 460 g/mol. The van der Waals surface area contributed by atoms with Gasteiger partial charge in [-0.25, -0.2) is 0 Å². The quantitative estimate of drug-likeness (QED) is 0.0749. The molecule has 0 saturated carbocycles. The predicted molar refractivity (Wildman–Crippen MR) is 145 cm³/mol. The molecule has 36 heavy (non-hydrogen) atoms.